The quantitative estimate of drug-likeness (QED) is 0.748. The van der Waals surface area contributed by atoms with Gasteiger partial charge < -0.3 is 21.5 Å². The lowest BCUT2D eigenvalue weighted by molar-refractivity contribution is -0.121. The van der Waals surface area contributed by atoms with Gasteiger partial charge in [-0.1, -0.05) is 0 Å². The largest absolute Gasteiger partial charge is 0.480 e. The Kier molecular flexibility index (Phi) is 3.74. The van der Waals surface area contributed by atoms with Gasteiger partial charge in [0.15, 0.2) is 0 Å². The first kappa shape index (κ1) is 14.8. The number of hydrogen-bond acceptors (Lipinski definition) is 5. The van der Waals surface area contributed by atoms with Gasteiger partial charge in [-0.2, -0.15) is 0 Å². The number of amides is 2. The fraction of sp³-hybridized carbons (Fsp3) is 0.533. The van der Waals surface area contributed by atoms with Crippen molar-refractivity contribution in [3.05, 3.63) is 17.8 Å². The van der Waals surface area contributed by atoms with Gasteiger partial charge in [0.25, 0.3) is 5.91 Å². The minimum absolute atomic E-state index is 0.0828. The molecule has 2 saturated carbocycles. The zero-order chi connectivity index (χ0) is 15.9. The van der Waals surface area contributed by atoms with Gasteiger partial charge in [0.2, 0.25) is 11.8 Å². The average Bonchev–Trinajstić information content (AvgIpc) is 3.07. The summed E-state index contributed by atoms with van der Waals surface area (Å²) in [7, 11) is 1.40. The van der Waals surface area contributed by atoms with E-state index >= 15 is 0 Å². The zero-order valence-electron chi connectivity index (χ0n) is 12.4. The van der Waals surface area contributed by atoms with E-state index in [1.807, 2.05) is 0 Å². The van der Waals surface area contributed by atoms with Crippen molar-refractivity contribution in [3.8, 4) is 5.88 Å². The number of primary amides is 1. The van der Waals surface area contributed by atoms with Crippen LogP contribution in [0.4, 0.5) is 5.69 Å². The molecule has 1 aromatic heterocycles. The van der Waals surface area contributed by atoms with E-state index in [0.717, 1.165) is 19.3 Å². The Morgan fingerprint density at radius 2 is 2.09 bits per heavy atom. The van der Waals surface area contributed by atoms with Crippen LogP contribution in [-0.2, 0) is 4.79 Å². The fourth-order valence-electron chi connectivity index (χ4n) is 3.81. The fourth-order valence-corrected chi connectivity index (χ4v) is 3.81. The van der Waals surface area contributed by atoms with Crippen LogP contribution in [0.1, 0.15) is 29.6 Å². The van der Waals surface area contributed by atoms with Gasteiger partial charge in [-0.3, -0.25) is 9.59 Å². The third kappa shape index (κ3) is 2.41. The van der Waals surface area contributed by atoms with Crippen molar-refractivity contribution in [3.63, 3.8) is 0 Å². The van der Waals surface area contributed by atoms with Gasteiger partial charge in [0.1, 0.15) is 5.56 Å². The molecule has 2 fully saturated rings. The summed E-state index contributed by atoms with van der Waals surface area (Å²) in [5, 5.41) is 2.80. The summed E-state index contributed by atoms with van der Waals surface area (Å²) in [6.07, 6.45) is 4.66. The molecule has 0 spiro atoms. The molecule has 0 radical (unpaired) electrons. The van der Waals surface area contributed by atoms with Gasteiger partial charge in [0.05, 0.1) is 24.9 Å². The van der Waals surface area contributed by atoms with Crippen LogP contribution < -0.4 is 21.5 Å². The summed E-state index contributed by atoms with van der Waals surface area (Å²) >= 11 is 0. The smallest absolute Gasteiger partial charge is 0.254 e. The van der Waals surface area contributed by atoms with Crippen LogP contribution in [0.5, 0.6) is 5.88 Å². The molecular weight excluding hydrogens is 284 g/mol. The van der Waals surface area contributed by atoms with Crippen LogP contribution in [-0.4, -0.2) is 29.9 Å². The molecule has 2 aliphatic carbocycles. The normalized spacial score (nSPS) is 29.4. The molecule has 0 aromatic carbocycles. The summed E-state index contributed by atoms with van der Waals surface area (Å²) in [5.41, 5.74) is 12.0. The maximum Gasteiger partial charge on any atom is 0.254 e. The predicted molar refractivity (Wildman–Crippen MR) is 80.2 cm³/mol. The number of nitrogens with zero attached hydrogens (tertiary/aromatic N) is 1. The van der Waals surface area contributed by atoms with Gasteiger partial charge in [-0.15, -0.1) is 0 Å². The predicted octanol–water partition coefficient (Wildman–Crippen LogP) is 0.501. The van der Waals surface area contributed by atoms with Crippen LogP contribution in [0, 0.1) is 17.8 Å². The van der Waals surface area contributed by atoms with Crippen molar-refractivity contribution in [2.24, 2.45) is 29.2 Å². The van der Waals surface area contributed by atoms with E-state index in [4.69, 9.17) is 16.2 Å². The molecule has 0 aliphatic heterocycles. The molecule has 118 valence electrons. The average molecular weight is 304 g/mol. The number of ether oxygens (including phenoxy) is 1. The second-order valence-electron chi connectivity index (χ2n) is 6.07. The van der Waals surface area contributed by atoms with Gasteiger partial charge in [0, 0.05) is 6.04 Å². The molecule has 3 rings (SSSR count). The monoisotopic (exact) mass is 304 g/mol. The third-order valence-electron chi connectivity index (χ3n) is 4.86. The molecule has 1 heterocycles. The molecule has 4 atom stereocenters. The summed E-state index contributed by atoms with van der Waals surface area (Å²) < 4.78 is 4.98. The highest BCUT2D eigenvalue weighted by atomic mass is 16.5. The molecule has 4 unspecified atom stereocenters. The number of methoxy groups -OCH3 is 1. The second kappa shape index (κ2) is 5.57. The number of carbonyl (C=O) groups is 2. The number of carbonyl (C=O) groups excluding carboxylic acids is 2. The number of nitrogens with one attached hydrogen (secondary N) is 1. The number of rotatable bonds is 4. The first-order valence-electron chi connectivity index (χ1n) is 7.41. The maximum absolute atomic E-state index is 12.5. The summed E-state index contributed by atoms with van der Waals surface area (Å²) in [5.74, 6) is 0.0249. The van der Waals surface area contributed by atoms with Crippen molar-refractivity contribution in [1.29, 1.82) is 0 Å². The van der Waals surface area contributed by atoms with E-state index in [1.54, 1.807) is 0 Å². The Bertz CT molecular complexity index is 617. The number of anilines is 1. The molecule has 2 bridgehead atoms. The Morgan fingerprint density at radius 3 is 2.68 bits per heavy atom. The molecule has 0 saturated heterocycles. The van der Waals surface area contributed by atoms with Crippen LogP contribution >= 0.6 is 0 Å². The van der Waals surface area contributed by atoms with Crippen LogP contribution in [0.25, 0.3) is 0 Å². The molecule has 7 heteroatoms. The lowest BCUT2D eigenvalue weighted by Gasteiger charge is -2.27. The van der Waals surface area contributed by atoms with Gasteiger partial charge in [-0.25, -0.2) is 4.98 Å². The minimum atomic E-state index is -0.655. The van der Waals surface area contributed by atoms with Crippen LogP contribution in [0.15, 0.2) is 12.3 Å². The SMILES string of the molecule is COc1ncc(NC(=O)C2C3CCC(C3)C2N)cc1C(N)=O. The first-order valence-corrected chi connectivity index (χ1v) is 7.41. The second-order valence-corrected chi connectivity index (χ2v) is 6.07. The number of nitrogens with two attached hydrogens (primary N) is 2. The summed E-state index contributed by atoms with van der Waals surface area (Å²) in [4.78, 5) is 27.9. The number of pyridine rings is 1. The topological polar surface area (TPSA) is 120 Å². The van der Waals surface area contributed by atoms with E-state index in [9.17, 15) is 9.59 Å². The van der Waals surface area contributed by atoms with E-state index in [1.165, 1.54) is 19.4 Å². The lowest BCUT2D eigenvalue weighted by Crippen LogP contribution is -2.42. The lowest BCUT2D eigenvalue weighted by atomic mass is 9.84. The Morgan fingerprint density at radius 1 is 1.36 bits per heavy atom. The maximum atomic E-state index is 12.5. The molecule has 1 aromatic rings. The van der Waals surface area contributed by atoms with Crippen molar-refractivity contribution in [2.75, 3.05) is 12.4 Å². The van der Waals surface area contributed by atoms with E-state index in [-0.39, 0.29) is 29.3 Å². The Balaban J connectivity index is 1.77. The van der Waals surface area contributed by atoms with E-state index in [2.05, 4.69) is 10.3 Å². The molecule has 2 aliphatic rings. The van der Waals surface area contributed by atoms with E-state index < -0.39 is 5.91 Å². The van der Waals surface area contributed by atoms with Crippen molar-refractivity contribution in [2.45, 2.75) is 25.3 Å². The molecule has 5 N–H and O–H groups in total. The highest BCUT2D eigenvalue weighted by molar-refractivity contribution is 5.98. The molecule has 2 amide bonds. The standard InChI is InChI=1S/C15H20N4O3/c1-22-15-10(13(17)20)5-9(6-18-15)19-14(21)11-7-2-3-8(4-7)12(11)16/h5-8,11-12H,2-4,16H2,1H3,(H2,17,20)(H,19,21). The zero-order valence-corrected chi connectivity index (χ0v) is 12.4. The van der Waals surface area contributed by atoms with Crippen molar-refractivity contribution < 1.29 is 14.3 Å². The van der Waals surface area contributed by atoms with Gasteiger partial charge in [-0.05, 0) is 37.2 Å². The third-order valence-corrected chi connectivity index (χ3v) is 4.86. The van der Waals surface area contributed by atoms with Crippen LogP contribution in [0.3, 0.4) is 0 Å². The summed E-state index contributed by atoms with van der Waals surface area (Å²) in [6, 6.07) is 1.39. The highest BCUT2D eigenvalue weighted by Crippen LogP contribution is 2.47. The molecular formula is C15H20N4O3. The van der Waals surface area contributed by atoms with Crippen molar-refractivity contribution in [1.82, 2.24) is 4.98 Å². The number of fused-ring (bicyclic) bond motifs is 2. The van der Waals surface area contributed by atoms with Crippen LogP contribution in [0.2, 0.25) is 0 Å². The van der Waals surface area contributed by atoms with E-state index in [0.29, 0.717) is 17.5 Å². The summed E-state index contributed by atoms with van der Waals surface area (Å²) in [6.45, 7) is 0. The van der Waals surface area contributed by atoms with Crippen molar-refractivity contribution >= 4 is 17.5 Å². The minimum Gasteiger partial charge on any atom is -0.480 e. The molecule has 22 heavy (non-hydrogen) atoms. The Hall–Kier alpha value is -2.15. The molecule has 7 nitrogen and oxygen atoms in total. The first-order chi connectivity index (χ1) is 10.5. The van der Waals surface area contributed by atoms with Gasteiger partial charge >= 0.3 is 0 Å². The number of hydrogen-bond donors (Lipinski definition) is 3. The Labute approximate surface area is 128 Å². The number of aromatic nitrogens is 1. The highest BCUT2D eigenvalue weighted by Gasteiger charge is 2.49.